The number of nitrogens with zero attached hydrogens (tertiary/aromatic N) is 1. The largest absolute Gasteiger partial charge is 0.487 e. The third-order valence-corrected chi connectivity index (χ3v) is 3.42. The summed E-state index contributed by atoms with van der Waals surface area (Å²) in [5.74, 6) is 0.536. The van der Waals surface area contributed by atoms with Gasteiger partial charge >= 0.3 is 5.63 Å². The fourth-order valence-corrected chi connectivity index (χ4v) is 2.31. The molecule has 0 amide bonds. The summed E-state index contributed by atoms with van der Waals surface area (Å²) in [5.41, 5.74) is 2.25. The van der Waals surface area contributed by atoms with Gasteiger partial charge in [0.2, 0.25) is 0 Å². The molecule has 1 N–H and O–H groups in total. The molecule has 0 aliphatic carbocycles. The molecule has 0 bridgehead atoms. The van der Waals surface area contributed by atoms with Gasteiger partial charge in [0.15, 0.2) is 0 Å². The zero-order valence-corrected chi connectivity index (χ0v) is 12.5. The van der Waals surface area contributed by atoms with Crippen molar-refractivity contribution in [1.29, 1.82) is 0 Å². The number of rotatable bonds is 4. The minimum atomic E-state index is -0.415. The van der Waals surface area contributed by atoms with Crippen LogP contribution in [0.4, 0.5) is 0 Å². The number of benzene rings is 2. The first-order chi connectivity index (χ1) is 11.2. The molecule has 0 radical (unpaired) electrons. The summed E-state index contributed by atoms with van der Waals surface area (Å²) in [5, 5.41) is 12.5. The standard InChI is InChI=1S/C18H15NO4/c1-12(19-21)11-22-14-7-8-15-16(13-5-3-2-4-6-13)10-18(20)23-17(15)9-14/h2-10,21H,11H2,1H3/b19-12-. The Kier molecular flexibility index (Phi) is 4.10. The number of oxime groups is 1. The molecule has 0 unspecified atom stereocenters. The molecule has 3 rings (SSSR count). The summed E-state index contributed by atoms with van der Waals surface area (Å²) in [7, 11) is 0. The van der Waals surface area contributed by atoms with E-state index in [1.807, 2.05) is 36.4 Å². The predicted molar refractivity (Wildman–Crippen MR) is 88.3 cm³/mol. The smallest absolute Gasteiger partial charge is 0.336 e. The second-order valence-corrected chi connectivity index (χ2v) is 5.13. The van der Waals surface area contributed by atoms with Crippen LogP contribution in [0.1, 0.15) is 6.92 Å². The molecule has 1 heterocycles. The van der Waals surface area contributed by atoms with Gasteiger partial charge < -0.3 is 14.4 Å². The molecule has 2 aromatic carbocycles. The molecule has 5 heteroatoms. The monoisotopic (exact) mass is 309 g/mol. The van der Waals surface area contributed by atoms with Gasteiger partial charge in [-0.05, 0) is 30.2 Å². The molecular weight excluding hydrogens is 294 g/mol. The zero-order chi connectivity index (χ0) is 16.2. The van der Waals surface area contributed by atoms with Crippen molar-refractivity contribution in [3.05, 3.63) is 65.0 Å². The van der Waals surface area contributed by atoms with Crippen LogP contribution in [-0.2, 0) is 0 Å². The van der Waals surface area contributed by atoms with Crippen molar-refractivity contribution in [3.63, 3.8) is 0 Å². The average Bonchev–Trinajstić information content (AvgIpc) is 2.59. The van der Waals surface area contributed by atoms with Gasteiger partial charge in [0, 0.05) is 17.5 Å². The Balaban J connectivity index is 2.06. The summed E-state index contributed by atoms with van der Waals surface area (Å²) in [6.07, 6.45) is 0. The van der Waals surface area contributed by atoms with Crippen molar-refractivity contribution in [2.24, 2.45) is 5.16 Å². The van der Waals surface area contributed by atoms with Crippen LogP contribution < -0.4 is 10.4 Å². The van der Waals surface area contributed by atoms with Gasteiger partial charge in [0.05, 0.1) is 5.71 Å². The molecule has 0 atom stereocenters. The maximum absolute atomic E-state index is 11.8. The Morgan fingerprint density at radius 2 is 1.96 bits per heavy atom. The second kappa shape index (κ2) is 6.36. The third kappa shape index (κ3) is 3.23. The van der Waals surface area contributed by atoms with E-state index in [4.69, 9.17) is 14.4 Å². The van der Waals surface area contributed by atoms with Gasteiger partial charge in [-0.2, -0.15) is 0 Å². The van der Waals surface area contributed by atoms with Gasteiger partial charge in [-0.1, -0.05) is 35.5 Å². The highest BCUT2D eigenvalue weighted by atomic mass is 16.5. The maximum atomic E-state index is 11.8. The van der Waals surface area contributed by atoms with Gasteiger partial charge in [-0.15, -0.1) is 0 Å². The molecule has 3 aromatic rings. The van der Waals surface area contributed by atoms with E-state index in [0.29, 0.717) is 17.0 Å². The highest BCUT2D eigenvalue weighted by Gasteiger charge is 2.09. The van der Waals surface area contributed by atoms with Gasteiger partial charge in [0.25, 0.3) is 0 Å². The molecule has 0 fully saturated rings. The molecule has 0 saturated carbocycles. The van der Waals surface area contributed by atoms with Crippen molar-refractivity contribution >= 4 is 16.7 Å². The summed E-state index contributed by atoms with van der Waals surface area (Å²) in [4.78, 5) is 11.8. The Labute approximate surface area is 132 Å². The zero-order valence-electron chi connectivity index (χ0n) is 12.5. The Hall–Kier alpha value is -3.08. The minimum absolute atomic E-state index is 0.157. The molecule has 5 nitrogen and oxygen atoms in total. The summed E-state index contributed by atoms with van der Waals surface area (Å²) < 4.78 is 10.8. The van der Waals surface area contributed by atoms with E-state index < -0.39 is 5.63 Å². The number of hydrogen-bond donors (Lipinski definition) is 1. The van der Waals surface area contributed by atoms with E-state index in [9.17, 15) is 4.79 Å². The van der Waals surface area contributed by atoms with Crippen molar-refractivity contribution in [2.75, 3.05) is 6.61 Å². The highest BCUT2D eigenvalue weighted by molar-refractivity contribution is 5.93. The van der Waals surface area contributed by atoms with Crippen LogP contribution in [0.5, 0.6) is 5.75 Å². The normalized spacial score (nSPS) is 11.6. The lowest BCUT2D eigenvalue weighted by molar-refractivity contribution is 0.307. The SMILES string of the molecule is C/C(COc1ccc2c(-c3ccccc3)cc(=O)oc2c1)=N/O. The van der Waals surface area contributed by atoms with Crippen LogP contribution in [-0.4, -0.2) is 17.5 Å². The Bertz CT molecular complexity index is 913. The van der Waals surface area contributed by atoms with E-state index >= 15 is 0 Å². The molecular formula is C18H15NO4. The van der Waals surface area contributed by atoms with Crippen LogP contribution in [0.25, 0.3) is 22.1 Å². The number of ether oxygens (including phenoxy) is 1. The molecule has 0 aliphatic heterocycles. The van der Waals surface area contributed by atoms with Crippen LogP contribution in [0, 0.1) is 0 Å². The van der Waals surface area contributed by atoms with Crippen LogP contribution >= 0.6 is 0 Å². The second-order valence-electron chi connectivity index (χ2n) is 5.13. The Morgan fingerprint density at radius 1 is 1.17 bits per heavy atom. The van der Waals surface area contributed by atoms with Crippen LogP contribution in [0.2, 0.25) is 0 Å². The first kappa shape index (κ1) is 14.8. The van der Waals surface area contributed by atoms with Crippen LogP contribution in [0.3, 0.4) is 0 Å². The molecule has 116 valence electrons. The summed E-state index contributed by atoms with van der Waals surface area (Å²) in [6, 6.07) is 16.4. The fraction of sp³-hybridized carbons (Fsp3) is 0.111. The first-order valence-electron chi connectivity index (χ1n) is 7.11. The molecule has 0 saturated heterocycles. The van der Waals surface area contributed by atoms with Gasteiger partial charge in [-0.3, -0.25) is 0 Å². The highest BCUT2D eigenvalue weighted by Crippen LogP contribution is 2.29. The van der Waals surface area contributed by atoms with E-state index in [1.165, 1.54) is 6.07 Å². The molecule has 0 aliphatic rings. The molecule has 0 spiro atoms. The van der Waals surface area contributed by atoms with Crippen molar-refractivity contribution < 1.29 is 14.4 Å². The minimum Gasteiger partial charge on any atom is -0.487 e. The van der Waals surface area contributed by atoms with Crippen molar-refractivity contribution in [3.8, 4) is 16.9 Å². The molecule has 1 aromatic heterocycles. The van der Waals surface area contributed by atoms with E-state index in [0.717, 1.165) is 16.5 Å². The molecule has 23 heavy (non-hydrogen) atoms. The fourth-order valence-electron chi connectivity index (χ4n) is 2.31. The van der Waals surface area contributed by atoms with E-state index in [-0.39, 0.29) is 6.61 Å². The number of hydrogen-bond acceptors (Lipinski definition) is 5. The number of fused-ring (bicyclic) bond motifs is 1. The van der Waals surface area contributed by atoms with E-state index in [1.54, 1.807) is 19.1 Å². The van der Waals surface area contributed by atoms with Gasteiger partial charge in [-0.25, -0.2) is 4.79 Å². The topological polar surface area (TPSA) is 72.0 Å². The summed E-state index contributed by atoms with van der Waals surface area (Å²) >= 11 is 0. The Morgan fingerprint density at radius 3 is 2.70 bits per heavy atom. The van der Waals surface area contributed by atoms with Crippen molar-refractivity contribution in [2.45, 2.75) is 6.92 Å². The van der Waals surface area contributed by atoms with Crippen molar-refractivity contribution in [1.82, 2.24) is 0 Å². The third-order valence-electron chi connectivity index (χ3n) is 3.42. The predicted octanol–water partition coefficient (Wildman–Crippen LogP) is 3.69. The lowest BCUT2D eigenvalue weighted by Gasteiger charge is -2.08. The van der Waals surface area contributed by atoms with E-state index in [2.05, 4.69) is 5.16 Å². The average molecular weight is 309 g/mol. The maximum Gasteiger partial charge on any atom is 0.336 e. The summed E-state index contributed by atoms with van der Waals surface area (Å²) in [6.45, 7) is 1.80. The van der Waals surface area contributed by atoms with Crippen LogP contribution in [0.15, 0.2) is 69.0 Å². The lowest BCUT2D eigenvalue weighted by atomic mass is 10.0. The lowest BCUT2D eigenvalue weighted by Crippen LogP contribution is -2.07. The first-order valence-corrected chi connectivity index (χ1v) is 7.11. The van der Waals surface area contributed by atoms with Gasteiger partial charge in [0.1, 0.15) is 17.9 Å². The quantitative estimate of drug-likeness (QED) is 0.345.